The number of carbonyl (C=O) groups excluding carboxylic acids is 2. The van der Waals surface area contributed by atoms with Crippen LogP contribution in [0.4, 0.5) is 5.13 Å². The van der Waals surface area contributed by atoms with Gasteiger partial charge >= 0.3 is 0 Å². The van der Waals surface area contributed by atoms with E-state index in [1.54, 1.807) is 22.7 Å². The number of anilines is 1. The minimum Gasteiger partial charge on any atom is -0.333 e. The Hall–Kier alpha value is -2.62. The molecular formula is C22H20N4O2S3. The Kier molecular flexibility index (Phi) is 5.80. The van der Waals surface area contributed by atoms with Crippen molar-refractivity contribution in [3.8, 4) is 0 Å². The quantitative estimate of drug-likeness (QED) is 0.437. The fourth-order valence-electron chi connectivity index (χ4n) is 3.79. The first-order valence-corrected chi connectivity index (χ1v) is 12.6. The van der Waals surface area contributed by atoms with Gasteiger partial charge in [-0.05, 0) is 36.4 Å². The van der Waals surface area contributed by atoms with Gasteiger partial charge < -0.3 is 10.2 Å². The number of rotatable bonds is 6. The van der Waals surface area contributed by atoms with Crippen molar-refractivity contribution in [3.05, 3.63) is 62.7 Å². The van der Waals surface area contributed by atoms with Crippen molar-refractivity contribution in [3.63, 3.8) is 0 Å². The fourth-order valence-corrected chi connectivity index (χ4v) is 6.34. The Morgan fingerprint density at radius 2 is 2.00 bits per heavy atom. The number of fused-ring (bicyclic) bond motifs is 1. The van der Waals surface area contributed by atoms with E-state index in [1.165, 1.54) is 11.3 Å². The molecule has 0 aliphatic carbocycles. The molecule has 0 saturated carbocycles. The maximum atomic E-state index is 13.0. The van der Waals surface area contributed by atoms with Gasteiger partial charge in [-0.25, -0.2) is 9.97 Å². The lowest BCUT2D eigenvalue weighted by Gasteiger charge is -2.22. The van der Waals surface area contributed by atoms with Crippen LogP contribution >= 0.6 is 34.0 Å². The first kappa shape index (κ1) is 20.3. The van der Waals surface area contributed by atoms with Crippen molar-refractivity contribution in [1.82, 2.24) is 14.9 Å². The minimum absolute atomic E-state index is 0.0357. The van der Waals surface area contributed by atoms with Gasteiger partial charge in [-0.15, -0.1) is 34.0 Å². The predicted molar refractivity (Wildman–Crippen MR) is 126 cm³/mol. The van der Waals surface area contributed by atoms with Crippen molar-refractivity contribution < 1.29 is 9.59 Å². The summed E-state index contributed by atoms with van der Waals surface area (Å²) in [5.74, 6) is -0.0337. The smallest absolute Gasteiger partial charge is 0.231 e. The Labute approximate surface area is 191 Å². The highest BCUT2D eigenvalue weighted by Crippen LogP contribution is 2.36. The summed E-state index contributed by atoms with van der Waals surface area (Å²) in [6.07, 6.45) is 2.49. The molecule has 1 aliphatic heterocycles. The van der Waals surface area contributed by atoms with Crippen molar-refractivity contribution in [2.75, 3.05) is 11.9 Å². The Balaban J connectivity index is 1.23. The summed E-state index contributed by atoms with van der Waals surface area (Å²) in [6.45, 7) is 0.744. The van der Waals surface area contributed by atoms with Crippen LogP contribution < -0.4 is 5.32 Å². The molecule has 4 aromatic rings. The molecule has 1 N–H and O–H groups in total. The number of hydrogen-bond acceptors (Lipinski definition) is 7. The van der Waals surface area contributed by atoms with Crippen LogP contribution in [0.25, 0.3) is 10.2 Å². The Morgan fingerprint density at radius 3 is 2.84 bits per heavy atom. The normalized spacial score (nSPS) is 16.1. The van der Waals surface area contributed by atoms with E-state index in [-0.39, 0.29) is 24.3 Å². The fraction of sp³-hybridized carbons (Fsp3) is 0.273. The first-order valence-electron chi connectivity index (χ1n) is 10.1. The summed E-state index contributed by atoms with van der Waals surface area (Å²) in [5, 5.41) is 8.18. The van der Waals surface area contributed by atoms with Crippen LogP contribution in [-0.2, 0) is 22.4 Å². The topological polar surface area (TPSA) is 75.2 Å². The lowest BCUT2D eigenvalue weighted by atomic mass is 10.2. The number of benzene rings is 1. The number of nitrogens with one attached hydrogen (secondary N) is 1. The standard InChI is InChI=1S/C22H20N4O2S3/c27-19(12-15-5-4-10-29-15)25-22-23-14(13-30-22)11-20(28)26-9-3-7-17(26)21-24-16-6-1-2-8-18(16)31-21/h1-2,4-6,8,10,13,17H,3,7,9,11-12H2,(H,23,25,27). The summed E-state index contributed by atoms with van der Waals surface area (Å²) in [5.41, 5.74) is 1.68. The molecule has 2 amide bonds. The van der Waals surface area contributed by atoms with E-state index in [4.69, 9.17) is 4.98 Å². The van der Waals surface area contributed by atoms with Gasteiger partial charge in [0, 0.05) is 16.8 Å². The third-order valence-electron chi connectivity index (χ3n) is 5.21. The number of thiazole rings is 2. The van der Waals surface area contributed by atoms with Crippen molar-refractivity contribution in [2.45, 2.75) is 31.7 Å². The number of amides is 2. The van der Waals surface area contributed by atoms with Gasteiger partial charge in [-0.1, -0.05) is 18.2 Å². The molecule has 1 saturated heterocycles. The zero-order valence-corrected chi connectivity index (χ0v) is 19.1. The van der Waals surface area contributed by atoms with Gasteiger partial charge in [-0.2, -0.15) is 0 Å². The maximum Gasteiger partial charge on any atom is 0.231 e. The molecule has 1 unspecified atom stereocenters. The summed E-state index contributed by atoms with van der Waals surface area (Å²) < 4.78 is 1.15. The molecule has 9 heteroatoms. The SMILES string of the molecule is O=C(Cc1cccs1)Nc1nc(CC(=O)N2CCCC2c2nc3ccccc3s2)cs1. The number of carbonyl (C=O) groups is 2. The number of nitrogens with zero attached hydrogens (tertiary/aromatic N) is 3. The molecule has 158 valence electrons. The molecule has 1 atom stereocenters. The highest BCUT2D eigenvalue weighted by atomic mass is 32.1. The van der Waals surface area contributed by atoms with Gasteiger partial charge in [0.15, 0.2) is 5.13 Å². The molecule has 6 nitrogen and oxygen atoms in total. The molecule has 1 aliphatic rings. The first-order chi connectivity index (χ1) is 15.2. The molecular weight excluding hydrogens is 448 g/mol. The highest BCUT2D eigenvalue weighted by Gasteiger charge is 2.32. The predicted octanol–water partition coefficient (Wildman–Crippen LogP) is 4.90. The van der Waals surface area contributed by atoms with E-state index < -0.39 is 0 Å². The van der Waals surface area contributed by atoms with Gasteiger partial charge in [0.25, 0.3) is 0 Å². The zero-order chi connectivity index (χ0) is 21.2. The Morgan fingerprint density at radius 1 is 1.10 bits per heavy atom. The lowest BCUT2D eigenvalue weighted by Crippen LogP contribution is -2.31. The average Bonchev–Trinajstić information content (AvgIpc) is 3.54. The van der Waals surface area contributed by atoms with Gasteiger partial charge in [0.2, 0.25) is 11.8 Å². The van der Waals surface area contributed by atoms with Crippen LogP contribution in [0.5, 0.6) is 0 Å². The second-order valence-electron chi connectivity index (χ2n) is 7.39. The van der Waals surface area contributed by atoms with E-state index in [1.807, 2.05) is 46.0 Å². The lowest BCUT2D eigenvalue weighted by molar-refractivity contribution is -0.131. The van der Waals surface area contributed by atoms with Crippen LogP contribution in [0, 0.1) is 0 Å². The highest BCUT2D eigenvalue weighted by molar-refractivity contribution is 7.18. The molecule has 0 radical (unpaired) electrons. The third kappa shape index (κ3) is 4.53. The largest absolute Gasteiger partial charge is 0.333 e. The summed E-state index contributed by atoms with van der Waals surface area (Å²) in [6, 6.07) is 12.0. The van der Waals surface area contributed by atoms with Gasteiger partial charge in [0.1, 0.15) is 5.01 Å². The van der Waals surface area contributed by atoms with E-state index in [0.29, 0.717) is 17.2 Å². The van der Waals surface area contributed by atoms with Crippen LogP contribution in [0.15, 0.2) is 47.2 Å². The number of aromatic nitrogens is 2. The molecule has 1 aromatic carbocycles. The van der Waals surface area contributed by atoms with Crippen LogP contribution in [0.2, 0.25) is 0 Å². The van der Waals surface area contributed by atoms with Gasteiger partial charge in [0.05, 0.1) is 34.8 Å². The molecule has 0 spiro atoms. The molecule has 5 rings (SSSR count). The van der Waals surface area contributed by atoms with E-state index >= 15 is 0 Å². The molecule has 0 bridgehead atoms. The van der Waals surface area contributed by atoms with E-state index in [9.17, 15) is 9.59 Å². The second kappa shape index (κ2) is 8.86. The summed E-state index contributed by atoms with van der Waals surface area (Å²) in [4.78, 5) is 37.4. The Bertz CT molecular complexity index is 1180. The number of para-hydroxylation sites is 1. The second-order valence-corrected chi connectivity index (χ2v) is 10.3. The zero-order valence-electron chi connectivity index (χ0n) is 16.6. The maximum absolute atomic E-state index is 13.0. The average molecular weight is 469 g/mol. The van der Waals surface area contributed by atoms with Crippen molar-refractivity contribution in [1.29, 1.82) is 0 Å². The minimum atomic E-state index is -0.0925. The van der Waals surface area contributed by atoms with Crippen LogP contribution in [0.1, 0.15) is 34.5 Å². The van der Waals surface area contributed by atoms with Crippen LogP contribution in [0.3, 0.4) is 0 Å². The number of likely N-dealkylation sites (tertiary alicyclic amines) is 1. The van der Waals surface area contributed by atoms with Crippen molar-refractivity contribution in [2.24, 2.45) is 0 Å². The van der Waals surface area contributed by atoms with Gasteiger partial charge in [-0.3, -0.25) is 9.59 Å². The molecule has 1 fully saturated rings. The van der Waals surface area contributed by atoms with Crippen LogP contribution in [-0.4, -0.2) is 33.2 Å². The monoisotopic (exact) mass is 468 g/mol. The summed E-state index contributed by atoms with van der Waals surface area (Å²) in [7, 11) is 0. The third-order valence-corrected chi connectivity index (χ3v) is 8.03. The van der Waals surface area contributed by atoms with E-state index in [2.05, 4.69) is 16.4 Å². The number of thiophene rings is 1. The number of hydrogen-bond donors (Lipinski definition) is 1. The van der Waals surface area contributed by atoms with E-state index in [0.717, 1.165) is 39.5 Å². The van der Waals surface area contributed by atoms with Crippen molar-refractivity contribution >= 4 is 61.2 Å². The molecule has 31 heavy (non-hydrogen) atoms. The molecule has 4 heterocycles. The molecule has 3 aromatic heterocycles. The summed E-state index contributed by atoms with van der Waals surface area (Å²) >= 11 is 4.58.